The van der Waals surface area contributed by atoms with E-state index in [2.05, 4.69) is 21.6 Å². The van der Waals surface area contributed by atoms with Crippen LogP contribution in [0.15, 0.2) is 24.3 Å². The fraction of sp³-hybridized carbons (Fsp3) is 0.471. The van der Waals surface area contributed by atoms with Crippen LogP contribution in [0.5, 0.6) is 0 Å². The van der Waals surface area contributed by atoms with E-state index in [0.29, 0.717) is 6.42 Å². The lowest BCUT2D eigenvalue weighted by molar-refractivity contribution is -0.146. The number of nitrogens with zero attached hydrogens (tertiary/aromatic N) is 1. The van der Waals surface area contributed by atoms with Gasteiger partial charge in [-0.1, -0.05) is 31.0 Å². The van der Waals surface area contributed by atoms with Crippen molar-refractivity contribution in [3.8, 4) is 0 Å². The summed E-state index contributed by atoms with van der Waals surface area (Å²) >= 11 is 0. The first-order valence-electron chi connectivity index (χ1n) is 8.14. The monoisotopic (exact) mass is 313 g/mol. The second-order valence-electron chi connectivity index (χ2n) is 6.57. The molecule has 2 fully saturated rings. The Morgan fingerprint density at radius 2 is 1.74 bits per heavy atom. The number of urea groups is 1. The number of carbonyl (C=O) groups is 3. The number of hydrogen-bond acceptors (Lipinski definition) is 4. The lowest BCUT2D eigenvalue weighted by Gasteiger charge is -2.49. The normalized spacial score (nSPS) is 26.0. The average Bonchev–Trinajstić information content (AvgIpc) is 2.78. The number of imide groups is 2. The van der Waals surface area contributed by atoms with Gasteiger partial charge in [0.05, 0.1) is 6.04 Å². The number of para-hydroxylation sites is 1. The van der Waals surface area contributed by atoms with Gasteiger partial charge >= 0.3 is 6.03 Å². The number of rotatable bonds is 0. The van der Waals surface area contributed by atoms with Crippen LogP contribution >= 0.6 is 0 Å². The maximum atomic E-state index is 12.7. The van der Waals surface area contributed by atoms with E-state index in [1.807, 2.05) is 18.2 Å². The molecule has 3 aliphatic rings. The summed E-state index contributed by atoms with van der Waals surface area (Å²) in [5, 5.41) is 4.64. The number of hydrogen-bond donors (Lipinski definition) is 2. The van der Waals surface area contributed by atoms with Gasteiger partial charge in [-0.2, -0.15) is 0 Å². The Kier molecular flexibility index (Phi) is 3.14. The zero-order chi connectivity index (χ0) is 16.0. The quantitative estimate of drug-likeness (QED) is 0.709. The summed E-state index contributed by atoms with van der Waals surface area (Å²) in [6, 6.07) is 7.02. The Morgan fingerprint density at radius 3 is 2.52 bits per heavy atom. The first-order valence-corrected chi connectivity index (χ1v) is 8.14. The van der Waals surface area contributed by atoms with E-state index >= 15 is 0 Å². The number of anilines is 1. The standard InChI is InChI=1S/C17H19N3O3/c21-14-17(15(22)19-16(23)18-14)10-11-6-3-4-7-12(11)20-9-5-1-2-8-13(17)20/h3-4,6-7,13H,1-2,5,8-10H2,(H2,18,19,21,22,23)/t13-/m1/s1. The van der Waals surface area contributed by atoms with Crippen LogP contribution in [0.4, 0.5) is 10.5 Å². The van der Waals surface area contributed by atoms with Crippen LogP contribution < -0.4 is 15.5 Å². The Morgan fingerprint density at radius 1 is 1.00 bits per heavy atom. The Balaban J connectivity index is 1.88. The fourth-order valence-corrected chi connectivity index (χ4v) is 4.29. The Hall–Kier alpha value is -2.37. The molecule has 2 N–H and O–H groups in total. The number of barbiturate groups is 1. The number of fused-ring (bicyclic) bond motifs is 4. The minimum absolute atomic E-state index is 0.201. The van der Waals surface area contributed by atoms with E-state index in [1.54, 1.807) is 0 Å². The number of carbonyl (C=O) groups excluding carboxylic acids is 3. The molecule has 23 heavy (non-hydrogen) atoms. The number of amides is 4. The molecular weight excluding hydrogens is 294 g/mol. The van der Waals surface area contributed by atoms with Crippen LogP contribution in [0.1, 0.15) is 31.2 Å². The molecule has 3 aliphatic heterocycles. The molecule has 0 bridgehead atoms. The lowest BCUT2D eigenvalue weighted by Crippen LogP contribution is -2.71. The van der Waals surface area contributed by atoms with Crippen LogP contribution in [0, 0.1) is 5.41 Å². The fourth-order valence-electron chi connectivity index (χ4n) is 4.29. The van der Waals surface area contributed by atoms with Gasteiger partial charge in [-0.25, -0.2) is 4.79 Å². The van der Waals surface area contributed by atoms with Gasteiger partial charge in [0.1, 0.15) is 0 Å². The molecule has 4 rings (SSSR count). The van der Waals surface area contributed by atoms with E-state index < -0.39 is 23.3 Å². The predicted molar refractivity (Wildman–Crippen MR) is 83.9 cm³/mol. The third-order valence-corrected chi connectivity index (χ3v) is 5.36. The molecule has 1 aromatic carbocycles. The van der Waals surface area contributed by atoms with Crippen molar-refractivity contribution in [2.75, 3.05) is 11.4 Å². The molecular formula is C17H19N3O3. The highest BCUT2D eigenvalue weighted by atomic mass is 16.2. The summed E-state index contributed by atoms with van der Waals surface area (Å²) in [5.41, 5.74) is 0.889. The van der Waals surface area contributed by atoms with Crippen LogP contribution in [-0.2, 0) is 16.0 Å². The van der Waals surface area contributed by atoms with Gasteiger partial charge in [0.15, 0.2) is 5.41 Å². The maximum absolute atomic E-state index is 12.7. The maximum Gasteiger partial charge on any atom is 0.328 e. The first kappa shape index (κ1) is 14.2. The van der Waals surface area contributed by atoms with Gasteiger partial charge in [0, 0.05) is 12.2 Å². The molecule has 3 heterocycles. The molecule has 2 saturated heterocycles. The van der Waals surface area contributed by atoms with E-state index in [4.69, 9.17) is 0 Å². The molecule has 0 aromatic heterocycles. The van der Waals surface area contributed by atoms with Gasteiger partial charge < -0.3 is 4.90 Å². The molecule has 1 spiro atoms. The third kappa shape index (κ3) is 1.97. The second-order valence-corrected chi connectivity index (χ2v) is 6.57. The molecule has 0 aliphatic carbocycles. The molecule has 0 radical (unpaired) electrons. The minimum Gasteiger partial charge on any atom is -0.367 e. The SMILES string of the molecule is O=C1NC(=O)C2(Cc3ccccc3N3CCCCC[C@@H]32)C(=O)N1. The highest BCUT2D eigenvalue weighted by molar-refractivity contribution is 6.20. The number of nitrogens with one attached hydrogen (secondary N) is 2. The van der Waals surface area contributed by atoms with Crippen molar-refractivity contribution >= 4 is 23.5 Å². The van der Waals surface area contributed by atoms with Crippen molar-refractivity contribution in [2.24, 2.45) is 5.41 Å². The van der Waals surface area contributed by atoms with Crippen molar-refractivity contribution < 1.29 is 14.4 Å². The molecule has 120 valence electrons. The van der Waals surface area contributed by atoms with Gasteiger partial charge in [0.25, 0.3) is 0 Å². The number of benzene rings is 1. The third-order valence-electron chi connectivity index (χ3n) is 5.36. The van der Waals surface area contributed by atoms with Crippen LogP contribution in [0.25, 0.3) is 0 Å². The van der Waals surface area contributed by atoms with E-state index in [-0.39, 0.29) is 6.04 Å². The molecule has 0 saturated carbocycles. The summed E-state index contributed by atoms with van der Waals surface area (Å²) < 4.78 is 0. The smallest absolute Gasteiger partial charge is 0.328 e. The Labute approximate surface area is 134 Å². The zero-order valence-electron chi connectivity index (χ0n) is 12.8. The van der Waals surface area contributed by atoms with E-state index in [0.717, 1.165) is 43.5 Å². The summed E-state index contributed by atoms with van der Waals surface area (Å²) in [6.07, 6.45) is 4.24. The zero-order valence-corrected chi connectivity index (χ0v) is 12.8. The highest BCUT2D eigenvalue weighted by Gasteiger charge is 2.59. The van der Waals surface area contributed by atoms with Crippen molar-refractivity contribution in [1.82, 2.24) is 10.6 Å². The average molecular weight is 313 g/mol. The topological polar surface area (TPSA) is 78.5 Å². The first-order chi connectivity index (χ1) is 11.1. The minimum atomic E-state index is -1.22. The second kappa shape index (κ2) is 5.08. The molecule has 6 nitrogen and oxygen atoms in total. The largest absolute Gasteiger partial charge is 0.367 e. The lowest BCUT2D eigenvalue weighted by atomic mass is 9.68. The summed E-state index contributed by atoms with van der Waals surface area (Å²) in [6.45, 7) is 0.831. The van der Waals surface area contributed by atoms with Gasteiger partial charge in [-0.3, -0.25) is 20.2 Å². The van der Waals surface area contributed by atoms with Crippen molar-refractivity contribution in [3.05, 3.63) is 29.8 Å². The van der Waals surface area contributed by atoms with E-state index in [9.17, 15) is 14.4 Å². The van der Waals surface area contributed by atoms with Crippen molar-refractivity contribution in [1.29, 1.82) is 0 Å². The van der Waals surface area contributed by atoms with Crippen LogP contribution in [-0.4, -0.2) is 30.4 Å². The van der Waals surface area contributed by atoms with Crippen molar-refractivity contribution in [2.45, 2.75) is 38.1 Å². The summed E-state index contributed by atoms with van der Waals surface area (Å²) in [7, 11) is 0. The van der Waals surface area contributed by atoms with Gasteiger partial charge in [-0.15, -0.1) is 0 Å². The van der Waals surface area contributed by atoms with Crippen molar-refractivity contribution in [3.63, 3.8) is 0 Å². The summed E-state index contributed by atoms with van der Waals surface area (Å²) in [5.74, 6) is -0.921. The van der Waals surface area contributed by atoms with Crippen LogP contribution in [0.3, 0.4) is 0 Å². The van der Waals surface area contributed by atoms with E-state index in [1.165, 1.54) is 0 Å². The predicted octanol–water partition coefficient (Wildman–Crippen LogP) is 1.34. The molecule has 1 atom stereocenters. The molecule has 6 heteroatoms. The molecule has 0 unspecified atom stereocenters. The Bertz CT molecular complexity index is 680. The molecule has 1 aromatic rings. The van der Waals surface area contributed by atoms with Crippen LogP contribution in [0.2, 0.25) is 0 Å². The summed E-state index contributed by atoms with van der Waals surface area (Å²) in [4.78, 5) is 39.2. The van der Waals surface area contributed by atoms with Gasteiger partial charge in [-0.05, 0) is 30.9 Å². The van der Waals surface area contributed by atoms with Gasteiger partial charge in [0.2, 0.25) is 11.8 Å². The molecule has 4 amide bonds. The highest BCUT2D eigenvalue weighted by Crippen LogP contribution is 2.45.